The normalized spacial score (nSPS) is 20.3. The van der Waals surface area contributed by atoms with Crippen molar-refractivity contribution < 1.29 is 4.42 Å². The Bertz CT molecular complexity index is 299. The van der Waals surface area contributed by atoms with Crippen LogP contribution in [0.3, 0.4) is 0 Å². The van der Waals surface area contributed by atoms with Crippen molar-refractivity contribution in [3.63, 3.8) is 0 Å². The predicted molar refractivity (Wildman–Crippen MR) is 75.7 cm³/mol. The van der Waals surface area contributed by atoms with E-state index < -0.39 is 0 Å². The minimum absolute atomic E-state index is 0.597. The monoisotopic (exact) mass is 249 g/mol. The minimum atomic E-state index is 0.597. The summed E-state index contributed by atoms with van der Waals surface area (Å²) in [5.74, 6) is 1.11. The molecule has 1 unspecified atom stereocenters. The molecule has 102 valence electrons. The Morgan fingerprint density at radius 3 is 2.61 bits per heavy atom. The highest BCUT2D eigenvalue weighted by molar-refractivity contribution is 4.98. The van der Waals surface area contributed by atoms with E-state index in [-0.39, 0.29) is 0 Å². The molecule has 0 spiro atoms. The zero-order valence-corrected chi connectivity index (χ0v) is 11.7. The standard InChI is InChI=1S/C16H27NO/c1-14(11-12-16-10-7-13-18-16)17-15-8-5-3-2-4-6-9-15/h7,10,13-15,17H,2-6,8-9,11-12H2,1H3. The van der Waals surface area contributed by atoms with Gasteiger partial charge in [-0.05, 0) is 38.3 Å². The van der Waals surface area contributed by atoms with E-state index in [1.165, 1.54) is 51.4 Å². The SMILES string of the molecule is CC(CCc1ccco1)NC1CCCCCCC1. The van der Waals surface area contributed by atoms with E-state index in [0.717, 1.165) is 18.2 Å². The van der Waals surface area contributed by atoms with Crippen LogP contribution in [-0.2, 0) is 6.42 Å². The lowest BCUT2D eigenvalue weighted by Crippen LogP contribution is -2.37. The summed E-state index contributed by atoms with van der Waals surface area (Å²) >= 11 is 0. The maximum absolute atomic E-state index is 5.38. The molecule has 0 aromatic carbocycles. The van der Waals surface area contributed by atoms with Gasteiger partial charge in [-0.15, -0.1) is 0 Å². The van der Waals surface area contributed by atoms with Crippen LogP contribution in [0.4, 0.5) is 0 Å². The van der Waals surface area contributed by atoms with Crippen LogP contribution < -0.4 is 5.32 Å². The molecule has 0 amide bonds. The second-order valence-electron chi connectivity index (χ2n) is 5.73. The highest BCUT2D eigenvalue weighted by Gasteiger charge is 2.13. The first kappa shape index (κ1) is 13.7. The van der Waals surface area contributed by atoms with Crippen molar-refractivity contribution in [2.24, 2.45) is 0 Å². The number of rotatable bonds is 5. The Balaban J connectivity index is 1.67. The van der Waals surface area contributed by atoms with Crippen LogP contribution in [0.25, 0.3) is 0 Å². The summed E-state index contributed by atoms with van der Waals surface area (Å²) in [6, 6.07) is 5.39. The Labute approximate surface area is 111 Å². The molecule has 18 heavy (non-hydrogen) atoms. The van der Waals surface area contributed by atoms with Crippen molar-refractivity contribution >= 4 is 0 Å². The van der Waals surface area contributed by atoms with Crippen molar-refractivity contribution in [1.29, 1.82) is 0 Å². The molecule has 1 heterocycles. The Kier molecular flexibility index (Phi) is 5.79. The van der Waals surface area contributed by atoms with Gasteiger partial charge in [0.1, 0.15) is 5.76 Å². The smallest absolute Gasteiger partial charge is 0.103 e. The summed E-state index contributed by atoms with van der Waals surface area (Å²) in [4.78, 5) is 0. The third-order valence-corrected chi connectivity index (χ3v) is 4.03. The lowest BCUT2D eigenvalue weighted by Gasteiger charge is -2.25. The first-order valence-corrected chi connectivity index (χ1v) is 7.63. The van der Waals surface area contributed by atoms with Gasteiger partial charge in [0, 0.05) is 18.5 Å². The second-order valence-corrected chi connectivity index (χ2v) is 5.73. The van der Waals surface area contributed by atoms with E-state index in [4.69, 9.17) is 4.42 Å². The fourth-order valence-corrected chi connectivity index (χ4v) is 2.92. The number of hydrogen-bond acceptors (Lipinski definition) is 2. The molecule has 2 nitrogen and oxygen atoms in total. The summed E-state index contributed by atoms with van der Waals surface area (Å²) in [7, 11) is 0. The molecular formula is C16H27NO. The first-order chi connectivity index (χ1) is 8.84. The third kappa shape index (κ3) is 4.85. The molecule has 1 aromatic rings. The van der Waals surface area contributed by atoms with E-state index in [2.05, 4.69) is 18.3 Å². The fourth-order valence-electron chi connectivity index (χ4n) is 2.92. The molecule has 0 bridgehead atoms. The van der Waals surface area contributed by atoms with Crippen molar-refractivity contribution in [3.8, 4) is 0 Å². The van der Waals surface area contributed by atoms with Gasteiger partial charge < -0.3 is 9.73 Å². The first-order valence-electron chi connectivity index (χ1n) is 7.63. The molecule has 1 N–H and O–H groups in total. The summed E-state index contributed by atoms with van der Waals surface area (Å²) in [6.45, 7) is 2.31. The molecule has 1 aliphatic rings. The molecule has 2 heteroatoms. The van der Waals surface area contributed by atoms with E-state index in [1.54, 1.807) is 6.26 Å². The van der Waals surface area contributed by atoms with Crippen LogP contribution in [0.15, 0.2) is 22.8 Å². The lowest BCUT2D eigenvalue weighted by molar-refractivity contribution is 0.347. The zero-order chi connectivity index (χ0) is 12.6. The molecule has 0 saturated heterocycles. The van der Waals surface area contributed by atoms with Gasteiger partial charge in [0.05, 0.1) is 6.26 Å². The summed E-state index contributed by atoms with van der Waals surface area (Å²) in [6.07, 6.45) is 13.8. The highest BCUT2D eigenvalue weighted by atomic mass is 16.3. The maximum Gasteiger partial charge on any atom is 0.103 e. The zero-order valence-electron chi connectivity index (χ0n) is 11.7. The van der Waals surface area contributed by atoms with Gasteiger partial charge in [0.25, 0.3) is 0 Å². The van der Waals surface area contributed by atoms with Crippen molar-refractivity contribution in [2.45, 2.75) is 76.8 Å². The van der Waals surface area contributed by atoms with Crippen molar-refractivity contribution in [1.82, 2.24) is 5.32 Å². The Morgan fingerprint density at radius 2 is 1.94 bits per heavy atom. The fraction of sp³-hybridized carbons (Fsp3) is 0.750. The molecule has 1 saturated carbocycles. The van der Waals surface area contributed by atoms with Gasteiger partial charge in [-0.1, -0.05) is 32.1 Å². The maximum atomic E-state index is 5.38. The van der Waals surface area contributed by atoms with E-state index in [9.17, 15) is 0 Å². The van der Waals surface area contributed by atoms with Gasteiger partial charge in [-0.2, -0.15) is 0 Å². The quantitative estimate of drug-likeness (QED) is 0.841. The topological polar surface area (TPSA) is 25.2 Å². The summed E-state index contributed by atoms with van der Waals surface area (Å²) in [5, 5.41) is 3.81. The van der Waals surface area contributed by atoms with Crippen molar-refractivity contribution in [2.75, 3.05) is 0 Å². The molecular weight excluding hydrogens is 222 g/mol. The van der Waals surface area contributed by atoms with Crippen LogP contribution in [-0.4, -0.2) is 12.1 Å². The lowest BCUT2D eigenvalue weighted by atomic mass is 9.96. The Hall–Kier alpha value is -0.760. The average Bonchev–Trinajstić information content (AvgIpc) is 2.83. The van der Waals surface area contributed by atoms with Crippen molar-refractivity contribution in [3.05, 3.63) is 24.2 Å². The molecule has 1 aliphatic carbocycles. The molecule has 1 aromatic heterocycles. The number of hydrogen-bond donors (Lipinski definition) is 1. The molecule has 1 fully saturated rings. The Morgan fingerprint density at radius 1 is 1.22 bits per heavy atom. The molecule has 0 radical (unpaired) electrons. The number of furan rings is 1. The predicted octanol–water partition coefficient (Wildman–Crippen LogP) is 4.30. The summed E-state index contributed by atoms with van der Waals surface area (Å²) in [5.41, 5.74) is 0. The van der Waals surface area contributed by atoms with Gasteiger partial charge in [-0.3, -0.25) is 0 Å². The second kappa shape index (κ2) is 7.63. The largest absolute Gasteiger partial charge is 0.469 e. The average molecular weight is 249 g/mol. The molecule has 0 aliphatic heterocycles. The number of aryl methyl sites for hydroxylation is 1. The van der Waals surface area contributed by atoms with Gasteiger partial charge >= 0.3 is 0 Å². The molecule has 1 atom stereocenters. The minimum Gasteiger partial charge on any atom is -0.469 e. The van der Waals surface area contributed by atoms with Crippen LogP contribution >= 0.6 is 0 Å². The van der Waals surface area contributed by atoms with Crippen LogP contribution in [0.5, 0.6) is 0 Å². The van der Waals surface area contributed by atoms with Crippen LogP contribution in [0, 0.1) is 0 Å². The number of nitrogens with one attached hydrogen (secondary N) is 1. The van der Waals surface area contributed by atoms with Crippen LogP contribution in [0.1, 0.15) is 64.1 Å². The van der Waals surface area contributed by atoms with Gasteiger partial charge in [0.15, 0.2) is 0 Å². The summed E-state index contributed by atoms with van der Waals surface area (Å²) < 4.78 is 5.38. The third-order valence-electron chi connectivity index (χ3n) is 4.03. The van der Waals surface area contributed by atoms with E-state index in [1.807, 2.05) is 6.07 Å². The molecule has 2 rings (SSSR count). The van der Waals surface area contributed by atoms with Crippen LogP contribution in [0.2, 0.25) is 0 Å². The van der Waals surface area contributed by atoms with E-state index in [0.29, 0.717) is 6.04 Å². The van der Waals surface area contributed by atoms with Gasteiger partial charge in [0.2, 0.25) is 0 Å². The van der Waals surface area contributed by atoms with Gasteiger partial charge in [-0.25, -0.2) is 0 Å². The highest BCUT2D eigenvalue weighted by Crippen LogP contribution is 2.18. The van der Waals surface area contributed by atoms with E-state index >= 15 is 0 Å².